The summed E-state index contributed by atoms with van der Waals surface area (Å²) in [5.41, 5.74) is 0. The first-order chi connectivity index (χ1) is 8.74. The van der Waals surface area contributed by atoms with Crippen molar-refractivity contribution < 1.29 is 9.53 Å². The monoisotopic (exact) mass is 255 g/mol. The molecule has 0 radical (unpaired) electrons. The van der Waals surface area contributed by atoms with Crippen LogP contribution >= 0.6 is 0 Å². The number of ether oxygens (including phenoxy) is 1. The predicted octanol–water partition coefficient (Wildman–Crippen LogP) is 0.0117. The van der Waals surface area contributed by atoms with E-state index in [-0.39, 0.29) is 5.91 Å². The number of rotatable bonds is 7. The van der Waals surface area contributed by atoms with Gasteiger partial charge in [0.2, 0.25) is 5.91 Å². The maximum atomic E-state index is 11.5. The zero-order valence-corrected chi connectivity index (χ0v) is 11.2. The highest BCUT2D eigenvalue weighted by Crippen LogP contribution is 2.18. The molecular weight excluding hydrogens is 230 g/mol. The summed E-state index contributed by atoms with van der Waals surface area (Å²) in [7, 11) is 0. The van der Waals surface area contributed by atoms with Gasteiger partial charge in [0.25, 0.3) is 0 Å². The molecule has 2 fully saturated rings. The van der Waals surface area contributed by atoms with E-state index in [9.17, 15) is 4.79 Å². The van der Waals surface area contributed by atoms with E-state index in [2.05, 4.69) is 22.9 Å². The standard InChI is InChI=1S/C13H25N3O2/c1-10(8-12-9-18-7-6-15-12)14-5-4-13(17)16-11-2-3-11/h10-12,14-15H,2-9H2,1H3,(H,16,17). The summed E-state index contributed by atoms with van der Waals surface area (Å²) in [6, 6.07) is 1.33. The van der Waals surface area contributed by atoms with Crippen LogP contribution in [-0.2, 0) is 9.53 Å². The molecule has 0 aromatic heterocycles. The van der Waals surface area contributed by atoms with Gasteiger partial charge in [0.05, 0.1) is 13.2 Å². The van der Waals surface area contributed by atoms with Gasteiger partial charge in [-0.25, -0.2) is 0 Å². The summed E-state index contributed by atoms with van der Waals surface area (Å²) in [5, 5.41) is 9.84. The Balaban J connectivity index is 1.50. The smallest absolute Gasteiger partial charge is 0.221 e. The SMILES string of the molecule is CC(CC1COCCN1)NCCC(=O)NC1CC1. The molecule has 104 valence electrons. The molecule has 3 N–H and O–H groups in total. The number of carbonyl (C=O) groups is 1. The molecule has 1 saturated heterocycles. The summed E-state index contributed by atoms with van der Waals surface area (Å²) in [4.78, 5) is 11.5. The van der Waals surface area contributed by atoms with E-state index in [4.69, 9.17) is 4.74 Å². The van der Waals surface area contributed by atoms with Crippen molar-refractivity contribution in [2.45, 2.75) is 50.7 Å². The molecular formula is C13H25N3O2. The lowest BCUT2D eigenvalue weighted by molar-refractivity contribution is -0.121. The third kappa shape index (κ3) is 5.33. The van der Waals surface area contributed by atoms with Crippen LogP contribution in [0.5, 0.6) is 0 Å². The lowest BCUT2D eigenvalue weighted by atomic mass is 10.1. The van der Waals surface area contributed by atoms with Gasteiger partial charge in [0.1, 0.15) is 0 Å². The first-order valence-electron chi connectivity index (χ1n) is 7.08. The highest BCUT2D eigenvalue weighted by Gasteiger charge is 2.23. The Hall–Kier alpha value is -0.650. The van der Waals surface area contributed by atoms with Crippen LogP contribution in [0, 0.1) is 0 Å². The first kappa shape index (κ1) is 13.8. The molecule has 0 aromatic carbocycles. The Labute approximate surface area is 109 Å². The number of morpholine rings is 1. The van der Waals surface area contributed by atoms with Gasteiger partial charge >= 0.3 is 0 Å². The molecule has 2 rings (SSSR count). The Bertz CT molecular complexity index is 263. The van der Waals surface area contributed by atoms with E-state index in [0.717, 1.165) is 45.6 Å². The largest absolute Gasteiger partial charge is 0.379 e. The van der Waals surface area contributed by atoms with Crippen LogP contribution in [0.4, 0.5) is 0 Å². The van der Waals surface area contributed by atoms with Crippen molar-refractivity contribution in [2.75, 3.05) is 26.3 Å². The zero-order valence-electron chi connectivity index (χ0n) is 11.2. The molecule has 5 nitrogen and oxygen atoms in total. The van der Waals surface area contributed by atoms with E-state index >= 15 is 0 Å². The van der Waals surface area contributed by atoms with Crippen LogP contribution in [-0.4, -0.2) is 50.3 Å². The molecule has 0 aromatic rings. The van der Waals surface area contributed by atoms with Gasteiger partial charge in [-0.3, -0.25) is 4.79 Å². The maximum Gasteiger partial charge on any atom is 0.221 e. The van der Waals surface area contributed by atoms with Crippen LogP contribution < -0.4 is 16.0 Å². The Kier molecular flexibility index (Phi) is 5.41. The molecule has 1 amide bonds. The van der Waals surface area contributed by atoms with Crippen molar-refractivity contribution in [1.29, 1.82) is 0 Å². The van der Waals surface area contributed by atoms with Crippen molar-refractivity contribution in [3.63, 3.8) is 0 Å². The van der Waals surface area contributed by atoms with Gasteiger partial charge < -0.3 is 20.7 Å². The third-order valence-corrected chi connectivity index (χ3v) is 3.42. The van der Waals surface area contributed by atoms with Crippen LogP contribution in [0.1, 0.15) is 32.6 Å². The molecule has 2 aliphatic rings. The summed E-state index contributed by atoms with van der Waals surface area (Å²) < 4.78 is 5.42. The van der Waals surface area contributed by atoms with E-state index in [1.165, 1.54) is 0 Å². The Morgan fingerprint density at radius 3 is 3.00 bits per heavy atom. The van der Waals surface area contributed by atoms with Crippen LogP contribution in [0.3, 0.4) is 0 Å². The number of nitrogens with one attached hydrogen (secondary N) is 3. The highest BCUT2D eigenvalue weighted by atomic mass is 16.5. The second-order valence-corrected chi connectivity index (χ2v) is 5.41. The number of hydrogen-bond acceptors (Lipinski definition) is 4. The average molecular weight is 255 g/mol. The number of hydrogen-bond donors (Lipinski definition) is 3. The molecule has 18 heavy (non-hydrogen) atoms. The fourth-order valence-electron chi connectivity index (χ4n) is 2.24. The second kappa shape index (κ2) is 7.07. The summed E-state index contributed by atoms with van der Waals surface area (Å²) in [5.74, 6) is 0.177. The first-order valence-corrected chi connectivity index (χ1v) is 7.08. The minimum absolute atomic E-state index is 0.177. The predicted molar refractivity (Wildman–Crippen MR) is 70.5 cm³/mol. The van der Waals surface area contributed by atoms with E-state index in [1.54, 1.807) is 0 Å². The van der Waals surface area contributed by atoms with Gasteiger partial charge in [0.15, 0.2) is 0 Å². The quantitative estimate of drug-likeness (QED) is 0.600. The van der Waals surface area contributed by atoms with Crippen molar-refractivity contribution in [3.05, 3.63) is 0 Å². The van der Waals surface area contributed by atoms with Gasteiger partial charge in [-0.15, -0.1) is 0 Å². The Morgan fingerprint density at radius 2 is 2.33 bits per heavy atom. The molecule has 2 atom stereocenters. The fraction of sp³-hybridized carbons (Fsp3) is 0.923. The number of amides is 1. The molecule has 2 unspecified atom stereocenters. The maximum absolute atomic E-state index is 11.5. The summed E-state index contributed by atoms with van der Waals surface area (Å²) in [6.07, 6.45) is 3.94. The molecule has 1 aliphatic heterocycles. The van der Waals surface area contributed by atoms with Crippen LogP contribution in [0.2, 0.25) is 0 Å². The molecule has 0 spiro atoms. The van der Waals surface area contributed by atoms with Crippen LogP contribution in [0.25, 0.3) is 0 Å². The topological polar surface area (TPSA) is 62.4 Å². The Morgan fingerprint density at radius 1 is 1.50 bits per heavy atom. The van der Waals surface area contributed by atoms with Crippen molar-refractivity contribution in [1.82, 2.24) is 16.0 Å². The highest BCUT2D eigenvalue weighted by molar-refractivity contribution is 5.76. The van der Waals surface area contributed by atoms with Gasteiger partial charge in [-0.1, -0.05) is 0 Å². The van der Waals surface area contributed by atoms with Gasteiger partial charge in [-0.05, 0) is 26.2 Å². The number of carbonyl (C=O) groups excluding carboxylic acids is 1. The van der Waals surface area contributed by atoms with Crippen molar-refractivity contribution in [2.24, 2.45) is 0 Å². The van der Waals surface area contributed by atoms with Crippen molar-refractivity contribution >= 4 is 5.91 Å². The van der Waals surface area contributed by atoms with Gasteiger partial charge in [-0.2, -0.15) is 0 Å². The zero-order chi connectivity index (χ0) is 12.8. The van der Waals surface area contributed by atoms with E-state index in [0.29, 0.717) is 24.5 Å². The lowest BCUT2D eigenvalue weighted by Gasteiger charge is -2.26. The van der Waals surface area contributed by atoms with Crippen LogP contribution in [0.15, 0.2) is 0 Å². The second-order valence-electron chi connectivity index (χ2n) is 5.41. The molecule has 5 heteroatoms. The molecule has 1 aliphatic carbocycles. The molecule has 0 bridgehead atoms. The fourth-order valence-corrected chi connectivity index (χ4v) is 2.24. The minimum Gasteiger partial charge on any atom is -0.379 e. The molecule has 1 saturated carbocycles. The third-order valence-electron chi connectivity index (χ3n) is 3.42. The van der Waals surface area contributed by atoms with Gasteiger partial charge in [0, 0.05) is 37.6 Å². The van der Waals surface area contributed by atoms with E-state index < -0.39 is 0 Å². The van der Waals surface area contributed by atoms with E-state index in [1.807, 2.05) is 0 Å². The normalized spacial score (nSPS) is 25.7. The summed E-state index contributed by atoms with van der Waals surface area (Å²) in [6.45, 7) is 5.48. The summed E-state index contributed by atoms with van der Waals surface area (Å²) >= 11 is 0. The lowest BCUT2D eigenvalue weighted by Crippen LogP contribution is -2.45. The minimum atomic E-state index is 0.177. The molecule has 1 heterocycles. The van der Waals surface area contributed by atoms with Crippen molar-refractivity contribution in [3.8, 4) is 0 Å². The average Bonchev–Trinajstić information content (AvgIpc) is 3.14.